The molecule has 0 amide bonds. The number of benzene rings is 1. The fourth-order valence-corrected chi connectivity index (χ4v) is 2.12. The van der Waals surface area contributed by atoms with Crippen LogP contribution in [0.2, 0.25) is 5.02 Å². The lowest BCUT2D eigenvalue weighted by molar-refractivity contribution is -0.130. The number of carbonyl (C=O) groups is 1. The molecule has 0 atom stereocenters. The molecule has 0 bridgehead atoms. The summed E-state index contributed by atoms with van der Waals surface area (Å²) in [6, 6.07) is 7.01. The molecule has 2 heterocycles. The van der Waals surface area contributed by atoms with Gasteiger partial charge in [0.2, 0.25) is 5.90 Å². The van der Waals surface area contributed by atoms with E-state index in [1.807, 2.05) is 4.90 Å². The number of nitrogens with zero attached hydrogens (tertiary/aromatic N) is 2. The Bertz CT molecular complexity index is 575. The van der Waals surface area contributed by atoms with Gasteiger partial charge in [-0.25, -0.2) is 9.79 Å². The van der Waals surface area contributed by atoms with Gasteiger partial charge >= 0.3 is 5.97 Å². The number of hydrogen-bond acceptors (Lipinski definition) is 5. The molecule has 20 heavy (non-hydrogen) atoms. The van der Waals surface area contributed by atoms with E-state index in [4.69, 9.17) is 21.1 Å². The maximum atomic E-state index is 11.8. The molecule has 0 aromatic heterocycles. The van der Waals surface area contributed by atoms with E-state index < -0.39 is 5.97 Å². The van der Waals surface area contributed by atoms with E-state index in [1.165, 1.54) is 0 Å². The predicted octanol–water partition coefficient (Wildman–Crippen LogP) is 1.82. The molecule has 0 aliphatic carbocycles. The first-order valence-corrected chi connectivity index (χ1v) is 6.70. The summed E-state index contributed by atoms with van der Waals surface area (Å²) >= 11 is 5.83. The van der Waals surface area contributed by atoms with Crippen molar-refractivity contribution < 1.29 is 14.3 Å². The first-order valence-electron chi connectivity index (χ1n) is 6.33. The summed E-state index contributed by atoms with van der Waals surface area (Å²) in [7, 11) is 0. The van der Waals surface area contributed by atoms with Crippen molar-refractivity contribution in [2.75, 3.05) is 26.3 Å². The molecule has 2 aliphatic heterocycles. The maximum Gasteiger partial charge on any atom is 0.365 e. The average Bonchev–Trinajstić information content (AvgIpc) is 2.82. The molecular weight excluding hydrogens is 280 g/mol. The van der Waals surface area contributed by atoms with Gasteiger partial charge in [-0.3, -0.25) is 0 Å². The Morgan fingerprint density at radius 1 is 1.20 bits per heavy atom. The molecule has 1 aromatic rings. The molecule has 0 N–H and O–H groups in total. The van der Waals surface area contributed by atoms with Gasteiger partial charge in [-0.15, -0.1) is 0 Å². The summed E-state index contributed by atoms with van der Waals surface area (Å²) in [5.74, 6) is -0.118. The highest BCUT2D eigenvalue weighted by molar-refractivity contribution is 6.30. The van der Waals surface area contributed by atoms with E-state index in [1.54, 1.807) is 30.5 Å². The summed E-state index contributed by atoms with van der Waals surface area (Å²) in [5, 5.41) is 0.628. The number of aliphatic imine (C=N–C) groups is 1. The van der Waals surface area contributed by atoms with E-state index in [0.29, 0.717) is 29.8 Å². The van der Waals surface area contributed by atoms with Crippen molar-refractivity contribution in [1.29, 1.82) is 0 Å². The van der Waals surface area contributed by atoms with Crippen LogP contribution >= 0.6 is 11.6 Å². The molecule has 104 valence electrons. The molecule has 6 heteroatoms. The Kier molecular flexibility index (Phi) is 3.71. The molecule has 5 nitrogen and oxygen atoms in total. The predicted molar refractivity (Wildman–Crippen MR) is 74.6 cm³/mol. The van der Waals surface area contributed by atoms with Crippen LogP contribution in [0.25, 0.3) is 0 Å². The van der Waals surface area contributed by atoms with Gasteiger partial charge in [-0.05, 0) is 24.3 Å². The van der Waals surface area contributed by atoms with Crippen LogP contribution in [0.4, 0.5) is 0 Å². The zero-order valence-corrected chi connectivity index (χ0v) is 11.5. The van der Waals surface area contributed by atoms with Crippen molar-refractivity contribution in [3.05, 3.63) is 46.7 Å². The molecule has 0 saturated carbocycles. The highest BCUT2D eigenvalue weighted by Crippen LogP contribution is 2.18. The second-order valence-electron chi connectivity index (χ2n) is 4.48. The van der Waals surface area contributed by atoms with Crippen LogP contribution in [0, 0.1) is 0 Å². The third-order valence-corrected chi connectivity index (χ3v) is 3.31. The normalized spacial score (nSPS) is 21.1. The van der Waals surface area contributed by atoms with Crippen LogP contribution in [0.15, 0.2) is 41.2 Å². The van der Waals surface area contributed by atoms with Crippen molar-refractivity contribution in [2.45, 2.75) is 0 Å². The second-order valence-corrected chi connectivity index (χ2v) is 4.91. The van der Waals surface area contributed by atoms with Gasteiger partial charge in [-0.1, -0.05) is 11.6 Å². The minimum atomic E-state index is -0.429. The number of morpholine rings is 1. The van der Waals surface area contributed by atoms with Crippen molar-refractivity contribution in [3.63, 3.8) is 0 Å². The number of ether oxygens (including phenoxy) is 2. The van der Waals surface area contributed by atoms with E-state index in [9.17, 15) is 4.79 Å². The standard InChI is InChI=1S/C14H13ClN2O3/c15-11-3-1-10(2-4-11)13-16-12(14(18)20-13)9-17-5-7-19-8-6-17/h1-4,9H,5-8H2. The van der Waals surface area contributed by atoms with Crippen LogP contribution in [0.3, 0.4) is 0 Å². The third kappa shape index (κ3) is 2.84. The summed E-state index contributed by atoms with van der Waals surface area (Å²) in [5.41, 5.74) is 1.05. The van der Waals surface area contributed by atoms with Gasteiger partial charge in [0, 0.05) is 29.9 Å². The fraction of sp³-hybridized carbons (Fsp3) is 0.286. The SMILES string of the molecule is O=C1OC(c2ccc(Cl)cc2)=NC1=CN1CCOCC1. The first-order chi connectivity index (χ1) is 9.72. The Hall–Kier alpha value is -1.85. The van der Waals surface area contributed by atoms with Crippen LogP contribution in [-0.2, 0) is 14.3 Å². The highest BCUT2D eigenvalue weighted by Gasteiger charge is 2.25. The number of carbonyl (C=O) groups excluding carboxylic acids is 1. The largest absolute Gasteiger partial charge is 0.402 e. The Morgan fingerprint density at radius 3 is 2.60 bits per heavy atom. The van der Waals surface area contributed by atoms with E-state index in [-0.39, 0.29) is 0 Å². The van der Waals surface area contributed by atoms with Crippen LogP contribution in [-0.4, -0.2) is 43.1 Å². The molecule has 0 unspecified atom stereocenters. The van der Waals surface area contributed by atoms with Gasteiger partial charge in [0.25, 0.3) is 0 Å². The second kappa shape index (κ2) is 5.64. The zero-order chi connectivity index (χ0) is 13.9. The van der Waals surface area contributed by atoms with Crippen molar-refractivity contribution in [2.24, 2.45) is 4.99 Å². The van der Waals surface area contributed by atoms with Gasteiger partial charge in [0.05, 0.1) is 13.2 Å². The number of cyclic esters (lactones) is 1. The lowest BCUT2D eigenvalue weighted by Crippen LogP contribution is -2.32. The van der Waals surface area contributed by atoms with Crippen LogP contribution < -0.4 is 0 Å². The fourth-order valence-electron chi connectivity index (χ4n) is 1.99. The zero-order valence-electron chi connectivity index (χ0n) is 10.7. The number of halogens is 1. The summed E-state index contributed by atoms with van der Waals surface area (Å²) in [6.07, 6.45) is 1.73. The smallest absolute Gasteiger partial charge is 0.365 e. The number of rotatable bonds is 2. The average molecular weight is 293 g/mol. The quantitative estimate of drug-likeness (QED) is 0.616. The topological polar surface area (TPSA) is 51.1 Å². The summed E-state index contributed by atoms with van der Waals surface area (Å²) in [4.78, 5) is 18.1. The molecule has 0 radical (unpaired) electrons. The summed E-state index contributed by atoms with van der Waals surface area (Å²) in [6.45, 7) is 2.82. The molecule has 2 aliphatic rings. The molecular formula is C14H13ClN2O3. The minimum Gasteiger partial charge on any atom is -0.402 e. The van der Waals surface area contributed by atoms with Crippen molar-refractivity contribution in [1.82, 2.24) is 4.90 Å². The van der Waals surface area contributed by atoms with Gasteiger partial charge < -0.3 is 14.4 Å². The Morgan fingerprint density at radius 2 is 1.90 bits per heavy atom. The van der Waals surface area contributed by atoms with E-state index in [0.717, 1.165) is 18.7 Å². The van der Waals surface area contributed by atoms with Gasteiger partial charge in [0.1, 0.15) is 0 Å². The molecule has 1 aromatic carbocycles. The lowest BCUT2D eigenvalue weighted by Gasteiger charge is -2.24. The van der Waals surface area contributed by atoms with E-state index >= 15 is 0 Å². The highest BCUT2D eigenvalue weighted by atomic mass is 35.5. The minimum absolute atomic E-state index is 0.311. The monoisotopic (exact) mass is 292 g/mol. The van der Waals surface area contributed by atoms with Gasteiger partial charge in [0.15, 0.2) is 5.70 Å². The van der Waals surface area contributed by atoms with Crippen LogP contribution in [0.5, 0.6) is 0 Å². The Labute approximate surface area is 121 Å². The van der Waals surface area contributed by atoms with E-state index in [2.05, 4.69) is 4.99 Å². The van der Waals surface area contributed by atoms with Crippen LogP contribution in [0.1, 0.15) is 5.56 Å². The van der Waals surface area contributed by atoms with Crippen molar-refractivity contribution in [3.8, 4) is 0 Å². The molecule has 0 spiro atoms. The Balaban J connectivity index is 1.80. The molecule has 3 rings (SSSR count). The molecule has 1 saturated heterocycles. The molecule has 1 fully saturated rings. The third-order valence-electron chi connectivity index (χ3n) is 3.06. The first kappa shape index (κ1) is 13.1. The lowest BCUT2D eigenvalue weighted by atomic mass is 10.2. The maximum absolute atomic E-state index is 11.8. The number of hydrogen-bond donors (Lipinski definition) is 0. The van der Waals surface area contributed by atoms with Crippen molar-refractivity contribution >= 4 is 23.5 Å². The summed E-state index contributed by atoms with van der Waals surface area (Å²) < 4.78 is 10.4. The van der Waals surface area contributed by atoms with Gasteiger partial charge in [-0.2, -0.15) is 0 Å². The number of esters is 1.